The fourth-order valence-corrected chi connectivity index (χ4v) is 4.92. The molecule has 1 N–H and O–H groups in total. The number of fused-ring (bicyclic) bond motifs is 2. The number of rotatable bonds is 8. The smallest absolute Gasteiger partial charge is 0.161 e. The van der Waals surface area contributed by atoms with Crippen molar-refractivity contribution in [2.75, 3.05) is 33.5 Å². The molecule has 0 amide bonds. The number of pyridine rings is 1. The Hall–Kier alpha value is -2.99. The van der Waals surface area contributed by atoms with E-state index < -0.39 is 0 Å². The van der Waals surface area contributed by atoms with Crippen LogP contribution in [-0.2, 0) is 6.54 Å². The lowest BCUT2D eigenvalue weighted by Crippen LogP contribution is -2.29. The average molecular weight is 449 g/mol. The molecule has 5 rings (SSSR count). The predicted octanol–water partition coefficient (Wildman–Crippen LogP) is 4.99. The molecule has 1 aromatic heterocycles. The van der Waals surface area contributed by atoms with Crippen LogP contribution in [0.1, 0.15) is 31.2 Å². The molecule has 2 heterocycles. The fraction of sp³-hybridized carbons (Fsp3) is 0.444. The molecule has 2 atom stereocenters. The van der Waals surface area contributed by atoms with Gasteiger partial charge in [-0.2, -0.15) is 0 Å². The van der Waals surface area contributed by atoms with E-state index in [-0.39, 0.29) is 0 Å². The Bertz CT molecular complexity index is 1090. The molecule has 0 bridgehead atoms. The van der Waals surface area contributed by atoms with Gasteiger partial charge in [-0.05, 0) is 79.6 Å². The van der Waals surface area contributed by atoms with E-state index in [2.05, 4.69) is 22.4 Å². The molecule has 1 fully saturated rings. The SMILES string of the molecule is COc1ccc2nccc(OCC3CCCC(CNCc4ccc5c(c4)OCCO5)C3)c2c1. The number of hydrogen-bond acceptors (Lipinski definition) is 6. The Morgan fingerprint density at radius 2 is 1.88 bits per heavy atom. The zero-order chi connectivity index (χ0) is 22.5. The third kappa shape index (κ3) is 5.33. The average Bonchev–Trinajstić information content (AvgIpc) is 2.87. The van der Waals surface area contributed by atoms with Gasteiger partial charge in [0.1, 0.15) is 24.7 Å². The van der Waals surface area contributed by atoms with Crippen molar-refractivity contribution in [1.29, 1.82) is 0 Å². The van der Waals surface area contributed by atoms with Crippen molar-refractivity contribution in [3.63, 3.8) is 0 Å². The second-order valence-electron chi connectivity index (χ2n) is 9.01. The summed E-state index contributed by atoms with van der Waals surface area (Å²) in [5.41, 5.74) is 2.16. The topological polar surface area (TPSA) is 61.8 Å². The van der Waals surface area contributed by atoms with Crippen LogP contribution < -0.4 is 24.3 Å². The maximum Gasteiger partial charge on any atom is 0.161 e. The Morgan fingerprint density at radius 3 is 2.79 bits per heavy atom. The normalized spacial score (nSPS) is 19.9. The quantitative estimate of drug-likeness (QED) is 0.524. The molecule has 33 heavy (non-hydrogen) atoms. The van der Waals surface area contributed by atoms with E-state index in [4.69, 9.17) is 18.9 Å². The van der Waals surface area contributed by atoms with Crippen molar-refractivity contribution in [3.8, 4) is 23.0 Å². The van der Waals surface area contributed by atoms with Gasteiger partial charge in [-0.3, -0.25) is 4.98 Å². The minimum atomic E-state index is 0.577. The summed E-state index contributed by atoms with van der Waals surface area (Å²) in [7, 11) is 1.68. The molecule has 2 unspecified atom stereocenters. The first kappa shape index (κ1) is 21.8. The highest BCUT2D eigenvalue weighted by Gasteiger charge is 2.23. The van der Waals surface area contributed by atoms with Gasteiger partial charge in [0.15, 0.2) is 11.5 Å². The van der Waals surface area contributed by atoms with E-state index in [1.165, 1.54) is 31.2 Å². The van der Waals surface area contributed by atoms with Crippen molar-refractivity contribution >= 4 is 10.9 Å². The summed E-state index contributed by atoms with van der Waals surface area (Å²) in [5.74, 6) is 4.67. The molecule has 6 nitrogen and oxygen atoms in total. The zero-order valence-corrected chi connectivity index (χ0v) is 19.2. The molecule has 0 radical (unpaired) electrons. The molecule has 174 valence electrons. The lowest BCUT2D eigenvalue weighted by molar-refractivity contribution is 0.171. The third-order valence-corrected chi connectivity index (χ3v) is 6.64. The van der Waals surface area contributed by atoms with Gasteiger partial charge in [0.2, 0.25) is 0 Å². The second-order valence-corrected chi connectivity index (χ2v) is 9.01. The number of nitrogens with one attached hydrogen (secondary N) is 1. The monoisotopic (exact) mass is 448 g/mol. The van der Waals surface area contributed by atoms with Crippen molar-refractivity contribution in [3.05, 3.63) is 54.2 Å². The molecule has 2 aromatic carbocycles. The standard InChI is InChI=1S/C27H32N2O4/c1-30-22-6-7-24-23(15-22)25(9-10-29-24)33-18-21-4-2-3-19(13-21)16-28-17-20-5-8-26-27(14-20)32-12-11-31-26/h5-10,14-15,19,21,28H,2-4,11-13,16-18H2,1H3. The van der Waals surface area contributed by atoms with E-state index in [1.807, 2.05) is 36.5 Å². The Labute approximate surface area is 195 Å². The van der Waals surface area contributed by atoms with Crippen LogP contribution >= 0.6 is 0 Å². The van der Waals surface area contributed by atoms with Crippen LogP contribution in [0.2, 0.25) is 0 Å². The van der Waals surface area contributed by atoms with Gasteiger partial charge in [-0.1, -0.05) is 12.5 Å². The van der Waals surface area contributed by atoms with Gasteiger partial charge in [0.05, 0.1) is 19.2 Å². The van der Waals surface area contributed by atoms with Crippen LogP contribution in [0.4, 0.5) is 0 Å². The summed E-state index contributed by atoms with van der Waals surface area (Å²) >= 11 is 0. The summed E-state index contributed by atoms with van der Waals surface area (Å²) in [4.78, 5) is 4.45. The van der Waals surface area contributed by atoms with Crippen molar-refractivity contribution in [2.45, 2.75) is 32.2 Å². The van der Waals surface area contributed by atoms with Crippen LogP contribution in [0.15, 0.2) is 48.7 Å². The summed E-state index contributed by atoms with van der Waals surface area (Å²) in [6, 6.07) is 14.1. The van der Waals surface area contributed by atoms with Gasteiger partial charge in [0.25, 0.3) is 0 Å². The molecule has 1 saturated carbocycles. The van der Waals surface area contributed by atoms with E-state index in [1.54, 1.807) is 7.11 Å². The van der Waals surface area contributed by atoms with Gasteiger partial charge >= 0.3 is 0 Å². The number of nitrogens with zero attached hydrogens (tertiary/aromatic N) is 1. The maximum absolute atomic E-state index is 6.29. The maximum atomic E-state index is 6.29. The van der Waals surface area contributed by atoms with Gasteiger partial charge < -0.3 is 24.3 Å². The number of ether oxygens (including phenoxy) is 4. The predicted molar refractivity (Wildman–Crippen MR) is 128 cm³/mol. The lowest BCUT2D eigenvalue weighted by Gasteiger charge is -2.29. The summed E-state index contributed by atoms with van der Waals surface area (Å²) in [5, 5.41) is 4.65. The first-order valence-corrected chi connectivity index (χ1v) is 11.9. The minimum absolute atomic E-state index is 0.577. The van der Waals surface area contributed by atoms with Gasteiger partial charge in [-0.25, -0.2) is 0 Å². The zero-order valence-electron chi connectivity index (χ0n) is 19.2. The second kappa shape index (κ2) is 10.3. The largest absolute Gasteiger partial charge is 0.497 e. The molecule has 3 aromatic rings. The van der Waals surface area contributed by atoms with E-state index in [0.29, 0.717) is 25.0 Å². The van der Waals surface area contributed by atoms with E-state index in [0.717, 1.165) is 53.6 Å². The molecule has 6 heteroatoms. The van der Waals surface area contributed by atoms with Crippen LogP contribution in [0.3, 0.4) is 0 Å². The molecule has 1 aliphatic carbocycles. The number of methoxy groups -OCH3 is 1. The Balaban J connectivity index is 1.12. The molecular formula is C27H32N2O4. The van der Waals surface area contributed by atoms with Crippen LogP contribution in [-0.4, -0.2) is 38.5 Å². The van der Waals surface area contributed by atoms with Crippen molar-refractivity contribution in [1.82, 2.24) is 10.3 Å². The minimum Gasteiger partial charge on any atom is -0.497 e. The summed E-state index contributed by atoms with van der Waals surface area (Å²) in [6.45, 7) is 3.87. The number of aromatic nitrogens is 1. The Morgan fingerprint density at radius 1 is 1.00 bits per heavy atom. The fourth-order valence-electron chi connectivity index (χ4n) is 4.92. The van der Waals surface area contributed by atoms with E-state index >= 15 is 0 Å². The van der Waals surface area contributed by atoms with Gasteiger partial charge in [-0.15, -0.1) is 0 Å². The highest BCUT2D eigenvalue weighted by molar-refractivity contribution is 5.86. The summed E-state index contributed by atoms with van der Waals surface area (Å²) in [6.07, 6.45) is 6.77. The molecular weight excluding hydrogens is 416 g/mol. The highest BCUT2D eigenvalue weighted by atomic mass is 16.6. The third-order valence-electron chi connectivity index (χ3n) is 6.64. The Kier molecular flexibility index (Phi) is 6.81. The van der Waals surface area contributed by atoms with Gasteiger partial charge in [0, 0.05) is 18.1 Å². The van der Waals surface area contributed by atoms with Crippen molar-refractivity contribution in [2.24, 2.45) is 11.8 Å². The van der Waals surface area contributed by atoms with Crippen LogP contribution in [0, 0.1) is 11.8 Å². The number of hydrogen-bond donors (Lipinski definition) is 1. The van der Waals surface area contributed by atoms with Crippen molar-refractivity contribution < 1.29 is 18.9 Å². The molecule has 0 saturated heterocycles. The molecule has 0 spiro atoms. The number of benzene rings is 2. The summed E-state index contributed by atoms with van der Waals surface area (Å²) < 4.78 is 23.0. The van der Waals surface area contributed by atoms with Crippen LogP contribution in [0.5, 0.6) is 23.0 Å². The lowest BCUT2D eigenvalue weighted by atomic mass is 9.82. The molecule has 2 aliphatic rings. The van der Waals surface area contributed by atoms with Crippen LogP contribution in [0.25, 0.3) is 10.9 Å². The highest BCUT2D eigenvalue weighted by Crippen LogP contribution is 2.33. The molecule has 1 aliphatic heterocycles. The first-order chi connectivity index (χ1) is 16.3. The first-order valence-electron chi connectivity index (χ1n) is 11.9. The van der Waals surface area contributed by atoms with E-state index in [9.17, 15) is 0 Å².